The number of allylic oxidation sites excluding steroid dienone is 4. The Kier molecular flexibility index (Phi) is 15.4. The second-order valence-electron chi connectivity index (χ2n) is 12.2. The maximum absolute atomic E-state index is 12.9. The van der Waals surface area contributed by atoms with E-state index in [1.807, 2.05) is 30.3 Å². The van der Waals surface area contributed by atoms with Crippen LogP contribution in [0.4, 0.5) is 24.5 Å². The second kappa shape index (κ2) is 18.5. The zero-order valence-corrected chi connectivity index (χ0v) is 29.8. The molecule has 0 fully saturated rings. The van der Waals surface area contributed by atoms with Crippen molar-refractivity contribution in [1.29, 1.82) is 0 Å². The van der Waals surface area contributed by atoms with Crippen molar-refractivity contribution in [2.75, 3.05) is 25.7 Å². The highest BCUT2D eigenvalue weighted by Gasteiger charge is 2.30. The van der Waals surface area contributed by atoms with Crippen molar-refractivity contribution >= 4 is 22.9 Å². The third kappa shape index (κ3) is 11.7. The summed E-state index contributed by atoms with van der Waals surface area (Å²) < 4.78 is 49.6. The number of hydrogen-bond donors (Lipinski definition) is 2. The van der Waals surface area contributed by atoms with E-state index in [0.717, 1.165) is 60.1 Å². The van der Waals surface area contributed by atoms with Crippen LogP contribution in [-0.2, 0) is 0 Å². The highest BCUT2D eigenvalue weighted by atomic mass is 19.4. The molecule has 0 saturated carbocycles. The number of aryl methyl sites for hydroxylation is 1. The van der Waals surface area contributed by atoms with Crippen molar-refractivity contribution in [2.24, 2.45) is 5.92 Å². The minimum atomic E-state index is -4.56. The normalized spacial score (nSPS) is 14.0. The van der Waals surface area contributed by atoms with Gasteiger partial charge in [0.15, 0.2) is 0 Å². The third-order valence-corrected chi connectivity index (χ3v) is 8.45. The molecule has 0 heterocycles. The Morgan fingerprint density at radius 3 is 2.06 bits per heavy atom. The number of carbonyl (C=O) groups is 1. The fraction of sp³-hybridized carbons (Fsp3) is 0.500. The molecule has 0 bridgehead atoms. The second-order valence-corrected chi connectivity index (χ2v) is 12.2. The first kappa shape index (κ1) is 39.3. The van der Waals surface area contributed by atoms with Crippen LogP contribution in [0.5, 0.6) is 11.5 Å². The van der Waals surface area contributed by atoms with Crippen molar-refractivity contribution in [2.45, 2.75) is 99.7 Å². The number of hydrogen-bond acceptors (Lipinski definition) is 5. The Morgan fingerprint density at radius 1 is 0.957 bits per heavy atom. The van der Waals surface area contributed by atoms with Crippen LogP contribution in [-0.4, -0.2) is 38.9 Å². The fourth-order valence-electron chi connectivity index (χ4n) is 5.02. The zero-order chi connectivity index (χ0) is 35.3. The molecule has 1 amide bonds. The van der Waals surface area contributed by atoms with E-state index >= 15 is 0 Å². The van der Waals surface area contributed by atoms with Gasteiger partial charge in [-0.15, -0.1) is 0 Å². The van der Waals surface area contributed by atoms with Crippen LogP contribution in [0.2, 0.25) is 0 Å². The van der Waals surface area contributed by atoms with Gasteiger partial charge in [-0.2, -0.15) is 13.2 Å². The Morgan fingerprint density at radius 2 is 1.57 bits per heavy atom. The van der Waals surface area contributed by atoms with E-state index in [4.69, 9.17) is 9.47 Å². The molecule has 0 aliphatic heterocycles. The number of ether oxygens (including phenoxy) is 2. The largest absolute Gasteiger partial charge is 0.496 e. The lowest BCUT2D eigenvalue weighted by molar-refractivity contribution is -0.123. The summed E-state index contributed by atoms with van der Waals surface area (Å²) in [4.78, 5) is 14.8. The Balaban J connectivity index is 2.67. The zero-order valence-electron chi connectivity index (χ0n) is 29.8. The summed E-state index contributed by atoms with van der Waals surface area (Å²) in [5.74, 6) is -0.0990. The van der Waals surface area contributed by atoms with Crippen molar-refractivity contribution in [3.05, 3.63) is 76.6 Å². The van der Waals surface area contributed by atoms with Gasteiger partial charge in [-0.05, 0) is 81.2 Å². The van der Waals surface area contributed by atoms with Gasteiger partial charge in [0.25, 0.3) is 5.91 Å². The number of rotatable bonds is 17. The number of halogens is 3. The van der Waals surface area contributed by atoms with Gasteiger partial charge in [-0.3, -0.25) is 4.79 Å². The molecule has 2 atom stereocenters. The lowest BCUT2D eigenvalue weighted by atomic mass is 9.97. The van der Waals surface area contributed by atoms with E-state index in [1.54, 1.807) is 12.1 Å². The van der Waals surface area contributed by atoms with Gasteiger partial charge in [0.1, 0.15) is 23.6 Å². The highest BCUT2D eigenvalue weighted by Crippen LogP contribution is 2.39. The molecule has 47 heavy (non-hydrogen) atoms. The highest BCUT2D eigenvalue weighted by molar-refractivity contribution is 6.00. The molecule has 9 heteroatoms. The summed E-state index contributed by atoms with van der Waals surface area (Å²) >= 11 is 0. The molecular formula is C38H54F3N3O3. The van der Waals surface area contributed by atoms with E-state index < -0.39 is 18.6 Å². The molecule has 0 aliphatic rings. The van der Waals surface area contributed by atoms with Gasteiger partial charge in [-0.25, -0.2) is 0 Å². The van der Waals surface area contributed by atoms with Gasteiger partial charge in [0.2, 0.25) is 0 Å². The number of benzene rings is 2. The van der Waals surface area contributed by atoms with Gasteiger partial charge in [0.05, 0.1) is 19.9 Å². The molecule has 2 rings (SSSR count). The molecule has 0 aromatic heterocycles. The van der Waals surface area contributed by atoms with Crippen LogP contribution in [0.3, 0.4) is 0 Å². The first-order valence-electron chi connectivity index (χ1n) is 16.5. The number of anilines is 2. The Hall–Kier alpha value is -3.88. The molecule has 260 valence electrons. The van der Waals surface area contributed by atoms with Crippen LogP contribution in [0.15, 0.2) is 60.0 Å². The lowest BCUT2D eigenvalue weighted by Crippen LogP contribution is -2.34. The smallest absolute Gasteiger partial charge is 0.405 e. The van der Waals surface area contributed by atoms with Crippen LogP contribution in [0.1, 0.15) is 102 Å². The molecule has 0 saturated heterocycles. The van der Waals surface area contributed by atoms with E-state index in [-0.39, 0.29) is 17.1 Å². The molecule has 2 unspecified atom stereocenters. The summed E-state index contributed by atoms with van der Waals surface area (Å²) in [7, 11) is 2.74. The number of methoxy groups -OCH3 is 2. The van der Waals surface area contributed by atoms with Gasteiger partial charge in [0, 0.05) is 36.3 Å². The van der Waals surface area contributed by atoms with Crippen molar-refractivity contribution < 1.29 is 27.4 Å². The van der Waals surface area contributed by atoms with Crippen LogP contribution < -0.4 is 25.0 Å². The molecule has 2 N–H and O–H groups in total. The summed E-state index contributed by atoms with van der Waals surface area (Å²) in [6.45, 7) is 15.7. The van der Waals surface area contributed by atoms with E-state index in [9.17, 15) is 18.0 Å². The number of amides is 1. The number of nitrogens with zero attached hydrogens (tertiary/aromatic N) is 1. The van der Waals surface area contributed by atoms with Gasteiger partial charge >= 0.3 is 6.18 Å². The average molecular weight is 658 g/mol. The number of carbonyl (C=O) groups excluding carboxylic acids is 1. The maximum atomic E-state index is 12.9. The lowest BCUT2D eigenvalue weighted by Gasteiger charge is -2.26. The van der Waals surface area contributed by atoms with Crippen molar-refractivity contribution in [1.82, 2.24) is 10.6 Å². The van der Waals surface area contributed by atoms with E-state index in [2.05, 4.69) is 77.3 Å². The monoisotopic (exact) mass is 657 g/mol. The SMILES string of the molecule is CC/C(C)=C\C(=C/NC(CC)CC(C)CC)c1ccc(N(/C=C(/C)CC)c2cc(OC)c(C(=O)NCC(F)(F)F)c(OC)c2)c(C)c1. The van der Waals surface area contributed by atoms with E-state index in [1.165, 1.54) is 19.8 Å². The topological polar surface area (TPSA) is 62.8 Å². The average Bonchev–Trinajstić information content (AvgIpc) is 3.05. The molecule has 6 nitrogen and oxygen atoms in total. The number of nitrogens with one attached hydrogen (secondary N) is 2. The quantitative estimate of drug-likeness (QED) is 0.166. The van der Waals surface area contributed by atoms with Crippen molar-refractivity contribution in [3.63, 3.8) is 0 Å². The summed E-state index contributed by atoms with van der Waals surface area (Å²) in [6, 6.07) is 9.99. The molecule has 2 aromatic rings. The first-order valence-corrected chi connectivity index (χ1v) is 16.5. The van der Waals surface area contributed by atoms with Crippen LogP contribution >= 0.6 is 0 Å². The third-order valence-electron chi connectivity index (χ3n) is 8.45. The summed E-state index contributed by atoms with van der Waals surface area (Å²) in [5.41, 5.74) is 6.97. The predicted octanol–water partition coefficient (Wildman–Crippen LogP) is 10.3. The minimum absolute atomic E-state index is 0.0974. The standard InChI is InChI=1S/C38H54F3N3O3/c1-11-25(5)17-30(22-42-31(14-4)18-26(6)12-2)29-15-16-33(28(8)19-29)44(23-27(7)13-3)32-20-34(46-9)36(35(21-32)47-10)37(45)43-24-38(39,40)41/h15-17,19-23,26,31,42H,11-14,18,24H2,1-10H3,(H,43,45)/b25-17-,27-23-,30-22+. The van der Waals surface area contributed by atoms with Crippen LogP contribution in [0, 0.1) is 12.8 Å². The number of alkyl halides is 3. The molecule has 0 radical (unpaired) electrons. The minimum Gasteiger partial charge on any atom is -0.496 e. The summed E-state index contributed by atoms with van der Waals surface area (Å²) in [6.07, 6.45) is 6.87. The molecule has 0 aliphatic carbocycles. The Bertz CT molecular complexity index is 1400. The molecular weight excluding hydrogens is 603 g/mol. The van der Waals surface area contributed by atoms with Crippen LogP contribution in [0.25, 0.3) is 5.57 Å². The van der Waals surface area contributed by atoms with Gasteiger partial charge < -0.3 is 25.0 Å². The molecule has 0 spiro atoms. The molecule has 2 aromatic carbocycles. The fourth-order valence-corrected chi connectivity index (χ4v) is 5.02. The Labute approximate surface area is 280 Å². The maximum Gasteiger partial charge on any atom is 0.405 e. The van der Waals surface area contributed by atoms with E-state index in [0.29, 0.717) is 17.6 Å². The predicted molar refractivity (Wildman–Crippen MR) is 189 cm³/mol. The summed E-state index contributed by atoms with van der Waals surface area (Å²) in [5, 5.41) is 5.61. The van der Waals surface area contributed by atoms with Crippen molar-refractivity contribution in [3.8, 4) is 11.5 Å². The van der Waals surface area contributed by atoms with Gasteiger partial charge in [-0.1, -0.05) is 64.3 Å². The first-order chi connectivity index (χ1) is 22.2.